The lowest BCUT2D eigenvalue weighted by Crippen LogP contribution is -2.19. The summed E-state index contributed by atoms with van der Waals surface area (Å²) in [7, 11) is 1.67. The van der Waals surface area contributed by atoms with E-state index in [0.717, 1.165) is 18.7 Å². The lowest BCUT2D eigenvalue weighted by Gasteiger charge is -2.25. The summed E-state index contributed by atoms with van der Waals surface area (Å²) < 4.78 is 5.22. The van der Waals surface area contributed by atoms with Gasteiger partial charge in [0.05, 0.1) is 13.3 Å². The van der Waals surface area contributed by atoms with Crippen LogP contribution >= 0.6 is 0 Å². The van der Waals surface area contributed by atoms with Gasteiger partial charge in [-0.1, -0.05) is 20.8 Å². The minimum Gasteiger partial charge on any atom is -0.481 e. The Morgan fingerprint density at radius 3 is 2.54 bits per heavy atom. The summed E-state index contributed by atoms with van der Waals surface area (Å²) in [6.07, 6.45) is 4.06. The molecule has 0 saturated heterocycles. The zero-order valence-corrected chi connectivity index (χ0v) is 8.85. The van der Waals surface area contributed by atoms with Gasteiger partial charge in [0.25, 0.3) is 0 Å². The molecule has 0 aliphatic rings. The summed E-state index contributed by atoms with van der Waals surface area (Å²) in [6, 6.07) is 0. The second-order valence-corrected chi connectivity index (χ2v) is 3.58. The third-order valence-electron chi connectivity index (χ3n) is 3.02. The highest BCUT2D eigenvalue weighted by Gasteiger charge is 2.27. The molecule has 3 heteroatoms. The first-order chi connectivity index (χ1) is 6.18. The summed E-state index contributed by atoms with van der Waals surface area (Å²) >= 11 is 0. The van der Waals surface area contributed by atoms with Gasteiger partial charge in [-0.3, -0.25) is 0 Å². The first-order valence-corrected chi connectivity index (χ1v) is 4.75. The molecule has 0 aliphatic carbocycles. The predicted octanol–water partition coefficient (Wildman–Crippen LogP) is 2.50. The van der Waals surface area contributed by atoms with Crippen molar-refractivity contribution in [3.05, 3.63) is 11.8 Å². The maximum absolute atomic E-state index is 5.22. The maximum Gasteiger partial charge on any atom is 0.212 e. The summed E-state index contributed by atoms with van der Waals surface area (Å²) in [5.41, 5.74) is 1.36. The Labute approximate surface area is 79.5 Å². The summed E-state index contributed by atoms with van der Waals surface area (Å²) in [5, 5.41) is 6.86. The lowest BCUT2D eigenvalue weighted by atomic mass is 9.79. The molecule has 0 spiro atoms. The van der Waals surface area contributed by atoms with Gasteiger partial charge >= 0.3 is 0 Å². The van der Waals surface area contributed by atoms with Crippen molar-refractivity contribution < 1.29 is 4.74 Å². The van der Waals surface area contributed by atoms with Crippen molar-refractivity contribution in [2.75, 3.05) is 7.11 Å². The monoisotopic (exact) mass is 182 g/mol. The molecule has 3 nitrogen and oxygen atoms in total. The molecular formula is C10H18N2O. The molecule has 0 unspecified atom stereocenters. The van der Waals surface area contributed by atoms with Crippen LogP contribution in [-0.4, -0.2) is 17.3 Å². The Bertz CT molecular complexity index is 264. The predicted molar refractivity (Wildman–Crippen MR) is 53.1 cm³/mol. The molecule has 1 aromatic rings. The fourth-order valence-corrected chi connectivity index (χ4v) is 1.49. The number of methoxy groups -OCH3 is 1. The van der Waals surface area contributed by atoms with Crippen LogP contribution in [-0.2, 0) is 5.41 Å². The van der Waals surface area contributed by atoms with E-state index in [2.05, 4.69) is 31.0 Å². The summed E-state index contributed by atoms with van der Waals surface area (Å²) in [6.45, 7) is 6.62. The first-order valence-electron chi connectivity index (χ1n) is 4.75. The van der Waals surface area contributed by atoms with E-state index >= 15 is 0 Å². The highest BCUT2D eigenvalue weighted by molar-refractivity contribution is 5.30. The quantitative estimate of drug-likeness (QED) is 0.776. The summed E-state index contributed by atoms with van der Waals surface area (Å²) in [4.78, 5) is 0. The molecule has 13 heavy (non-hydrogen) atoms. The first kappa shape index (κ1) is 10.1. The standard InChI is InChI=1S/C10H18N2O/c1-5-10(3,6-2)8-7-11-12-9(8)13-4/h7H,5-6H2,1-4H3,(H,11,12). The van der Waals surface area contributed by atoms with Gasteiger partial charge in [-0.05, 0) is 18.3 Å². The molecule has 0 amide bonds. The SMILES string of the molecule is CCC(C)(CC)c1cn[nH]c1OC. The van der Waals surface area contributed by atoms with Crippen molar-refractivity contribution in [3.8, 4) is 5.88 Å². The van der Waals surface area contributed by atoms with E-state index in [0.29, 0.717) is 0 Å². The second kappa shape index (κ2) is 3.81. The molecule has 1 aromatic heterocycles. The van der Waals surface area contributed by atoms with Crippen molar-refractivity contribution in [2.24, 2.45) is 0 Å². The molecule has 1 heterocycles. The maximum atomic E-state index is 5.22. The van der Waals surface area contributed by atoms with Crippen LogP contribution < -0.4 is 4.74 Å². The van der Waals surface area contributed by atoms with Gasteiger partial charge in [-0.15, -0.1) is 0 Å². The second-order valence-electron chi connectivity index (χ2n) is 3.58. The number of rotatable bonds is 4. The molecule has 0 aliphatic heterocycles. The normalized spacial score (nSPS) is 11.7. The fraction of sp³-hybridized carbons (Fsp3) is 0.700. The van der Waals surface area contributed by atoms with Crippen LogP contribution in [0.3, 0.4) is 0 Å². The molecular weight excluding hydrogens is 164 g/mol. The molecule has 0 atom stereocenters. The molecule has 74 valence electrons. The molecule has 0 bridgehead atoms. The number of ether oxygens (including phenoxy) is 1. The van der Waals surface area contributed by atoms with Crippen LogP contribution in [0.25, 0.3) is 0 Å². The van der Waals surface area contributed by atoms with E-state index < -0.39 is 0 Å². The molecule has 1 N–H and O–H groups in total. The molecule has 0 aromatic carbocycles. The Kier molecular flexibility index (Phi) is 2.96. The number of aromatic nitrogens is 2. The average Bonchev–Trinajstić information content (AvgIpc) is 2.65. The molecule has 0 radical (unpaired) electrons. The van der Waals surface area contributed by atoms with Gasteiger partial charge in [0.15, 0.2) is 0 Å². The number of H-pyrrole nitrogens is 1. The van der Waals surface area contributed by atoms with Crippen LogP contribution in [0.2, 0.25) is 0 Å². The van der Waals surface area contributed by atoms with E-state index in [-0.39, 0.29) is 5.41 Å². The van der Waals surface area contributed by atoms with Crippen molar-refractivity contribution in [3.63, 3.8) is 0 Å². The van der Waals surface area contributed by atoms with Crippen molar-refractivity contribution in [1.29, 1.82) is 0 Å². The van der Waals surface area contributed by atoms with Crippen LogP contribution in [0.1, 0.15) is 39.2 Å². The van der Waals surface area contributed by atoms with Crippen molar-refractivity contribution in [1.82, 2.24) is 10.2 Å². The Morgan fingerprint density at radius 2 is 2.08 bits per heavy atom. The zero-order valence-electron chi connectivity index (χ0n) is 8.85. The fourth-order valence-electron chi connectivity index (χ4n) is 1.49. The van der Waals surface area contributed by atoms with Crippen LogP contribution in [0.5, 0.6) is 5.88 Å². The van der Waals surface area contributed by atoms with Gasteiger partial charge in [-0.2, -0.15) is 5.10 Å². The van der Waals surface area contributed by atoms with Crippen LogP contribution in [0.15, 0.2) is 6.20 Å². The largest absolute Gasteiger partial charge is 0.481 e. The van der Waals surface area contributed by atoms with Crippen LogP contribution in [0, 0.1) is 0 Å². The van der Waals surface area contributed by atoms with E-state index in [1.54, 1.807) is 7.11 Å². The van der Waals surface area contributed by atoms with Crippen molar-refractivity contribution in [2.45, 2.75) is 39.0 Å². The molecule has 1 rings (SSSR count). The van der Waals surface area contributed by atoms with Gasteiger partial charge in [0.2, 0.25) is 5.88 Å². The number of nitrogens with zero attached hydrogens (tertiary/aromatic N) is 1. The highest BCUT2D eigenvalue weighted by Crippen LogP contribution is 2.35. The van der Waals surface area contributed by atoms with Crippen molar-refractivity contribution >= 4 is 0 Å². The Hall–Kier alpha value is -0.990. The van der Waals surface area contributed by atoms with Gasteiger partial charge in [0.1, 0.15) is 0 Å². The Morgan fingerprint density at radius 1 is 1.46 bits per heavy atom. The van der Waals surface area contributed by atoms with Gasteiger partial charge < -0.3 is 4.74 Å². The lowest BCUT2D eigenvalue weighted by molar-refractivity contribution is 0.364. The number of hydrogen-bond acceptors (Lipinski definition) is 2. The minimum absolute atomic E-state index is 0.179. The summed E-state index contributed by atoms with van der Waals surface area (Å²) in [5.74, 6) is 0.797. The van der Waals surface area contributed by atoms with Gasteiger partial charge in [0, 0.05) is 5.56 Å². The topological polar surface area (TPSA) is 37.9 Å². The molecule has 0 saturated carbocycles. The van der Waals surface area contributed by atoms with Crippen LogP contribution in [0.4, 0.5) is 0 Å². The number of nitrogens with one attached hydrogen (secondary N) is 1. The van der Waals surface area contributed by atoms with E-state index in [1.165, 1.54) is 5.56 Å². The number of aromatic amines is 1. The minimum atomic E-state index is 0.179. The third-order valence-corrected chi connectivity index (χ3v) is 3.02. The zero-order chi connectivity index (χ0) is 9.90. The van der Waals surface area contributed by atoms with Gasteiger partial charge in [-0.25, -0.2) is 5.10 Å². The highest BCUT2D eigenvalue weighted by atomic mass is 16.5. The molecule has 0 fully saturated rings. The average molecular weight is 182 g/mol. The van der Waals surface area contributed by atoms with E-state index in [9.17, 15) is 0 Å². The number of hydrogen-bond donors (Lipinski definition) is 1. The third kappa shape index (κ3) is 1.69. The van der Waals surface area contributed by atoms with E-state index in [1.807, 2.05) is 6.20 Å². The Balaban J connectivity index is 3.03. The van der Waals surface area contributed by atoms with E-state index in [4.69, 9.17) is 4.74 Å². The smallest absolute Gasteiger partial charge is 0.212 e.